The second-order valence-corrected chi connectivity index (χ2v) is 10.8. The second-order valence-electron chi connectivity index (χ2n) is 10.8. The van der Waals surface area contributed by atoms with E-state index in [1.54, 1.807) is 0 Å². The summed E-state index contributed by atoms with van der Waals surface area (Å²) in [5.41, 5.74) is 1.33. The van der Waals surface area contributed by atoms with E-state index in [0.717, 1.165) is 37.0 Å². The van der Waals surface area contributed by atoms with E-state index in [0.29, 0.717) is 5.75 Å². The molecular formula is C30H48O2. The fourth-order valence-electron chi connectivity index (χ4n) is 6.12. The van der Waals surface area contributed by atoms with Gasteiger partial charge in [0.15, 0.2) is 0 Å². The molecule has 0 aromatic heterocycles. The number of aryl methyl sites for hydroxylation is 1. The van der Waals surface area contributed by atoms with Crippen LogP contribution in [0.2, 0.25) is 0 Å². The summed E-state index contributed by atoms with van der Waals surface area (Å²) in [4.78, 5) is 12.7. The molecule has 0 unspecified atom stereocenters. The van der Waals surface area contributed by atoms with Gasteiger partial charge in [0, 0.05) is 0 Å². The average Bonchev–Trinajstić information content (AvgIpc) is 2.84. The van der Waals surface area contributed by atoms with Crippen LogP contribution in [0.3, 0.4) is 0 Å². The molecule has 180 valence electrons. The molecule has 0 saturated heterocycles. The number of carbonyl (C=O) groups is 1. The molecule has 2 heteroatoms. The Labute approximate surface area is 197 Å². The van der Waals surface area contributed by atoms with E-state index < -0.39 is 0 Å². The van der Waals surface area contributed by atoms with Crippen LogP contribution in [0, 0.1) is 23.7 Å². The molecule has 2 aliphatic rings. The normalized spacial score (nSPS) is 26.1. The highest BCUT2D eigenvalue weighted by Crippen LogP contribution is 2.42. The maximum absolute atomic E-state index is 12.7. The summed E-state index contributed by atoms with van der Waals surface area (Å²) in [5, 5.41) is 0. The third kappa shape index (κ3) is 8.23. The minimum atomic E-state index is -0.00320. The summed E-state index contributed by atoms with van der Waals surface area (Å²) in [6, 6.07) is 8.15. The van der Waals surface area contributed by atoms with E-state index in [1.165, 1.54) is 95.5 Å². The summed E-state index contributed by atoms with van der Waals surface area (Å²) < 4.78 is 5.73. The first-order valence-corrected chi connectivity index (χ1v) is 14.0. The van der Waals surface area contributed by atoms with Crippen molar-refractivity contribution >= 4 is 5.97 Å². The van der Waals surface area contributed by atoms with E-state index >= 15 is 0 Å². The Balaban J connectivity index is 1.32. The molecule has 0 bridgehead atoms. The molecule has 0 spiro atoms. The fourth-order valence-corrected chi connectivity index (χ4v) is 6.12. The van der Waals surface area contributed by atoms with Crippen molar-refractivity contribution in [1.29, 1.82) is 0 Å². The quantitative estimate of drug-likeness (QED) is 0.184. The Morgan fingerprint density at radius 2 is 1.34 bits per heavy atom. The number of esters is 1. The van der Waals surface area contributed by atoms with Crippen LogP contribution in [0.5, 0.6) is 5.75 Å². The van der Waals surface area contributed by atoms with E-state index in [-0.39, 0.29) is 11.9 Å². The second kappa shape index (κ2) is 14.1. The van der Waals surface area contributed by atoms with Gasteiger partial charge in [-0.15, -0.1) is 0 Å². The third-order valence-electron chi connectivity index (χ3n) is 8.34. The largest absolute Gasteiger partial charge is 0.426 e. The topological polar surface area (TPSA) is 26.3 Å². The van der Waals surface area contributed by atoms with E-state index in [1.807, 2.05) is 12.1 Å². The summed E-state index contributed by atoms with van der Waals surface area (Å²) in [7, 11) is 0. The lowest BCUT2D eigenvalue weighted by molar-refractivity contribution is -0.140. The molecule has 2 saturated carbocycles. The molecule has 2 nitrogen and oxygen atoms in total. The molecule has 0 amide bonds. The summed E-state index contributed by atoms with van der Waals surface area (Å²) >= 11 is 0. The van der Waals surface area contributed by atoms with Crippen LogP contribution in [0.1, 0.15) is 122 Å². The highest BCUT2D eigenvalue weighted by Gasteiger charge is 2.33. The predicted molar refractivity (Wildman–Crippen MR) is 135 cm³/mol. The lowest BCUT2D eigenvalue weighted by Gasteiger charge is -2.37. The molecular weight excluding hydrogens is 392 g/mol. The first-order chi connectivity index (χ1) is 15.7. The van der Waals surface area contributed by atoms with Gasteiger partial charge in [-0.2, -0.15) is 0 Å². The van der Waals surface area contributed by atoms with Gasteiger partial charge in [0.1, 0.15) is 5.75 Å². The van der Waals surface area contributed by atoms with Gasteiger partial charge >= 0.3 is 5.97 Å². The summed E-state index contributed by atoms with van der Waals surface area (Å²) in [6.45, 7) is 4.51. The Kier molecular flexibility index (Phi) is 11.1. The van der Waals surface area contributed by atoms with Crippen molar-refractivity contribution in [2.45, 2.75) is 123 Å². The van der Waals surface area contributed by atoms with Crippen molar-refractivity contribution < 1.29 is 9.53 Å². The van der Waals surface area contributed by atoms with Crippen LogP contribution in [0.4, 0.5) is 0 Å². The van der Waals surface area contributed by atoms with Crippen molar-refractivity contribution in [3.63, 3.8) is 0 Å². The van der Waals surface area contributed by atoms with Gasteiger partial charge in [-0.05, 0) is 86.8 Å². The molecule has 32 heavy (non-hydrogen) atoms. The molecule has 0 radical (unpaired) electrons. The van der Waals surface area contributed by atoms with Crippen LogP contribution < -0.4 is 4.74 Å². The molecule has 0 heterocycles. The van der Waals surface area contributed by atoms with E-state index in [9.17, 15) is 4.79 Å². The van der Waals surface area contributed by atoms with Crippen molar-refractivity contribution in [2.75, 3.05) is 0 Å². The van der Waals surface area contributed by atoms with E-state index in [4.69, 9.17) is 4.74 Å². The average molecular weight is 441 g/mol. The van der Waals surface area contributed by atoms with Gasteiger partial charge in [-0.25, -0.2) is 0 Å². The highest BCUT2D eigenvalue weighted by molar-refractivity contribution is 5.75. The van der Waals surface area contributed by atoms with Crippen molar-refractivity contribution in [3.8, 4) is 5.75 Å². The number of benzene rings is 1. The van der Waals surface area contributed by atoms with Crippen LogP contribution in [-0.2, 0) is 11.2 Å². The Morgan fingerprint density at radius 1 is 0.750 bits per heavy atom. The monoisotopic (exact) mass is 440 g/mol. The number of carbonyl (C=O) groups excluding carboxylic acids is 1. The predicted octanol–water partition coefficient (Wildman–Crippen LogP) is 8.91. The highest BCUT2D eigenvalue weighted by atomic mass is 16.5. The fraction of sp³-hybridized carbons (Fsp3) is 0.767. The number of ether oxygens (including phenoxy) is 1. The molecule has 0 atom stereocenters. The van der Waals surface area contributed by atoms with Crippen molar-refractivity contribution in [1.82, 2.24) is 0 Å². The first-order valence-electron chi connectivity index (χ1n) is 14.0. The maximum atomic E-state index is 12.7. The van der Waals surface area contributed by atoms with Gasteiger partial charge in [0.2, 0.25) is 0 Å². The summed E-state index contributed by atoms with van der Waals surface area (Å²) in [6.07, 6.45) is 22.3. The molecule has 0 N–H and O–H groups in total. The summed E-state index contributed by atoms with van der Waals surface area (Å²) in [5.74, 6) is 3.57. The van der Waals surface area contributed by atoms with Gasteiger partial charge in [-0.1, -0.05) is 83.8 Å². The minimum Gasteiger partial charge on any atom is -0.426 e. The molecule has 3 rings (SSSR count). The number of hydrogen-bond acceptors (Lipinski definition) is 2. The van der Waals surface area contributed by atoms with Crippen molar-refractivity contribution in [2.24, 2.45) is 23.7 Å². The smallest absolute Gasteiger partial charge is 0.314 e. The standard InChI is InChI=1S/C30H48O2/c1-3-5-7-8-9-11-25-12-16-26(17-13-25)27-18-20-28(21-19-27)30(31)32-29-22-14-24(15-23-29)10-6-4-2/h14-15,22-23,25-28H,3-13,16-21H2,1-2H3. The van der Waals surface area contributed by atoms with Crippen molar-refractivity contribution in [3.05, 3.63) is 29.8 Å². The Morgan fingerprint density at radius 3 is 1.97 bits per heavy atom. The maximum Gasteiger partial charge on any atom is 0.314 e. The first kappa shape index (κ1) is 25.3. The zero-order valence-electron chi connectivity index (χ0n) is 21.0. The lowest BCUT2D eigenvalue weighted by atomic mass is 9.68. The Hall–Kier alpha value is -1.31. The van der Waals surface area contributed by atoms with Crippen LogP contribution in [0.25, 0.3) is 0 Å². The lowest BCUT2D eigenvalue weighted by Crippen LogP contribution is -2.30. The Bertz CT molecular complexity index is 633. The minimum absolute atomic E-state index is 0.00320. The van der Waals surface area contributed by atoms with Crippen LogP contribution >= 0.6 is 0 Å². The molecule has 1 aromatic rings. The molecule has 0 aliphatic heterocycles. The molecule has 2 aliphatic carbocycles. The van der Waals surface area contributed by atoms with Gasteiger partial charge < -0.3 is 4.74 Å². The molecule has 1 aromatic carbocycles. The zero-order valence-corrected chi connectivity index (χ0v) is 21.0. The number of rotatable bonds is 12. The SMILES string of the molecule is CCCCCCCC1CCC(C2CCC(C(=O)Oc3ccc(CCCC)cc3)CC2)CC1. The van der Waals surface area contributed by atoms with Gasteiger partial charge in [-0.3, -0.25) is 4.79 Å². The van der Waals surface area contributed by atoms with Gasteiger partial charge in [0.05, 0.1) is 5.92 Å². The number of hydrogen-bond donors (Lipinski definition) is 0. The number of unbranched alkanes of at least 4 members (excludes halogenated alkanes) is 5. The molecule has 2 fully saturated rings. The van der Waals surface area contributed by atoms with Gasteiger partial charge in [0.25, 0.3) is 0 Å². The third-order valence-corrected chi connectivity index (χ3v) is 8.34. The zero-order chi connectivity index (χ0) is 22.6. The van der Waals surface area contributed by atoms with Crippen LogP contribution in [-0.4, -0.2) is 5.97 Å². The van der Waals surface area contributed by atoms with E-state index in [2.05, 4.69) is 26.0 Å². The van der Waals surface area contributed by atoms with Crippen LogP contribution in [0.15, 0.2) is 24.3 Å².